The van der Waals surface area contributed by atoms with Gasteiger partial charge in [-0.05, 0) is 6.92 Å². The molecule has 2 heterocycles. The first-order valence-corrected chi connectivity index (χ1v) is 10.4. The van der Waals surface area contributed by atoms with Crippen molar-refractivity contribution in [1.82, 2.24) is 19.8 Å². The van der Waals surface area contributed by atoms with E-state index < -0.39 is 0 Å². The molecule has 9 heteroatoms. The third-order valence-corrected chi connectivity index (χ3v) is 5.68. The van der Waals surface area contributed by atoms with Crippen LogP contribution in [0, 0.1) is 6.92 Å². The summed E-state index contributed by atoms with van der Waals surface area (Å²) in [5, 5.41) is 0. The van der Waals surface area contributed by atoms with Gasteiger partial charge in [0.1, 0.15) is 22.9 Å². The smallest absolute Gasteiger partial charge is 0.233 e. The van der Waals surface area contributed by atoms with Crippen LogP contribution < -0.4 is 4.74 Å². The Morgan fingerprint density at radius 3 is 2.89 bits per heavy atom. The normalized spacial score (nSPS) is 17.1. The second-order valence-electron chi connectivity index (χ2n) is 6.95. The van der Waals surface area contributed by atoms with Crippen molar-refractivity contribution in [2.24, 2.45) is 0 Å². The van der Waals surface area contributed by atoms with Gasteiger partial charge in [-0.25, -0.2) is 4.98 Å². The van der Waals surface area contributed by atoms with E-state index in [4.69, 9.17) is 21.7 Å². The summed E-state index contributed by atoms with van der Waals surface area (Å²) in [7, 11) is 3.75. The van der Waals surface area contributed by atoms with Gasteiger partial charge < -0.3 is 19.3 Å². The van der Waals surface area contributed by atoms with E-state index in [1.54, 1.807) is 0 Å². The lowest BCUT2D eigenvalue weighted by atomic mass is 10.2. The van der Waals surface area contributed by atoms with Gasteiger partial charge in [-0.3, -0.25) is 4.79 Å². The van der Waals surface area contributed by atoms with Crippen LogP contribution in [0.5, 0.6) is 5.88 Å². The Hall–Kier alpha value is -1.45. The molecule has 150 valence electrons. The second kappa shape index (κ2) is 10.2. The Morgan fingerprint density at radius 1 is 1.48 bits per heavy atom. The minimum atomic E-state index is -0.175. The van der Waals surface area contributed by atoms with Crippen molar-refractivity contribution in [3.05, 3.63) is 17.6 Å². The fourth-order valence-corrected chi connectivity index (χ4v) is 3.33. The molecule has 0 aliphatic carbocycles. The molecule has 0 aromatic carbocycles. The number of thioether (sulfide) groups is 1. The Morgan fingerprint density at radius 2 is 2.22 bits per heavy atom. The Labute approximate surface area is 170 Å². The van der Waals surface area contributed by atoms with E-state index in [0.717, 1.165) is 11.5 Å². The average Bonchev–Trinajstić information content (AvgIpc) is 2.63. The monoisotopic (exact) mass is 412 g/mol. The zero-order valence-corrected chi connectivity index (χ0v) is 18.2. The first-order chi connectivity index (χ1) is 12.8. The van der Waals surface area contributed by atoms with Gasteiger partial charge in [0.15, 0.2) is 0 Å². The van der Waals surface area contributed by atoms with E-state index in [-0.39, 0.29) is 17.9 Å². The molecule has 1 amide bonds. The van der Waals surface area contributed by atoms with Gasteiger partial charge in [0, 0.05) is 38.3 Å². The van der Waals surface area contributed by atoms with Crippen molar-refractivity contribution < 1.29 is 14.3 Å². The average molecular weight is 413 g/mol. The SMILES string of the molecule is Cc1cc(OCC2CN(C(=O)CSC(=S)N(C)C)CCO2)nc(C(C)C)n1. The molecule has 1 saturated heterocycles. The summed E-state index contributed by atoms with van der Waals surface area (Å²) in [6.45, 7) is 7.97. The van der Waals surface area contributed by atoms with E-state index in [1.165, 1.54) is 11.8 Å². The summed E-state index contributed by atoms with van der Waals surface area (Å²) >= 11 is 6.60. The van der Waals surface area contributed by atoms with Crippen molar-refractivity contribution >= 4 is 34.2 Å². The maximum atomic E-state index is 12.4. The standard InChI is InChI=1S/C18H28N4O3S2/c1-12(2)17-19-13(3)8-15(20-17)25-10-14-9-22(6-7-24-14)16(23)11-27-18(26)21(4)5/h8,12,14H,6-7,9-11H2,1-5H3. The molecule has 7 nitrogen and oxygen atoms in total. The molecule has 1 aromatic heterocycles. The lowest BCUT2D eigenvalue weighted by Crippen LogP contribution is -2.48. The molecular formula is C18H28N4O3S2. The van der Waals surface area contributed by atoms with Crippen LogP contribution in [0.2, 0.25) is 0 Å². The summed E-state index contributed by atoms with van der Waals surface area (Å²) in [6, 6.07) is 1.82. The molecular weight excluding hydrogens is 384 g/mol. The van der Waals surface area contributed by atoms with Gasteiger partial charge in [0.05, 0.1) is 18.9 Å². The highest BCUT2D eigenvalue weighted by Crippen LogP contribution is 2.17. The molecule has 1 aliphatic rings. The number of rotatable bonds is 6. The Kier molecular flexibility index (Phi) is 8.25. The van der Waals surface area contributed by atoms with Crippen LogP contribution in [0.15, 0.2) is 6.07 Å². The Bertz CT molecular complexity index is 670. The molecule has 2 rings (SSSR count). The van der Waals surface area contributed by atoms with Crippen molar-refractivity contribution in [1.29, 1.82) is 0 Å². The van der Waals surface area contributed by atoms with Crippen LogP contribution in [0.3, 0.4) is 0 Å². The van der Waals surface area contributed by atoms with Crippen LogP contribution in [0.4, 0.5) is 0 Å². The van der Waals surface area contributed by atoms with E-state index in [2.05, 4.69) is 9.97 Å². The predicted molar refractivity (Wildman–Crippen MR) is 111 cm³/mol. The van der Waals surface area contributed by atoms with E-state index >= 15 is 0 Å². The summed E-state index contributed by atoms with van der Waals surface area (Å²) in [6.07, 6.45) is -0.175. The van der Waals surface area contributed by atoms with Gasteiger partial charge in [-0.1, -0.05) is 37.8 Å². The molecule has 1 atom stereocenters. The topological polar surface area (TPSA) is 67.8 Å². The Balaban J connectivity index is 1.86. The lowest BCUT2D eigenvalue weighted by molar-refractivity contribution is -0.137. The quantitative estimate of drug-likeness (QED) is 0.658. The van der Waals surface area contributed by atoms with Crippen molar-refractivity contribution in [2.75, 3.05) is 46.2 Å². The third-order valence-electron chi connectivity index (χ3n) is 3.96. The molecule has 1 fully saturated rings. The molecule has 0 N–H and O–H groups in total. The van der Waals surface area contributed by atoms with E-state index in [0.29, 0.717) is 42.3 Å². The number of morpholine rings is 1. The van der Waals surface area contributed by atoms with Gasteiger partial charge >= 0.3 is 0 Å². The first-order valence-electron chi connectivity index (χ1n) is 8.98. The number of nitrogens with zero attached hydrogens (tertiary/aromatic N) is 4. The molecule has 1 aliphatic heterocycles. The summed E-state index contributed by atoms with van der Waals surface area (Å²) in [4.78, 5) is 24.9. The molecule has 0 bridgehead atoms. The summed E-state index contributed by atoms with van der Waals surface area (Å²) in [5.74, 6) is 1.95. The predicted octanol–water partition coefficient (Wildman–Crippen LogP) is 2.09. The van der Waals surface area contributed by atoms with Crippen molar-refractivity contribution in [2.45, 2.75) is 32.8 Å². The molecule has 0 radical (unpaired) electrons. The molecule has 1 unspecified atom stereocenters. The van der Waals surface area contributed by atoms with Crippen molar-refractivity contribution in [3.63, 3.8) is 0 Å². The number of hydrogen-bond donors (Lipinski definition) is 0. The zero-order valence-electron chi connectivity index (χ0n) is 16.6. The number of amides is 1. The fraction of sp³-hybridized carbons (Fsp3) is 0.667. The number of aryl methyl sites for hydroxylation is 1. The zero-order chi connectivity index (χ0) is 20.0. The number of thiocarbonyl (C=S) groups is 1. The van der Waals surface area contributed by atoms with Crippen LogP contribution >= 0.6 is 24.0 Å². The molecule has 0 spiro atoms. The summed E-state index contributed by atoms with van der Waals surface area (Å²) in [5.41, 5.74) is 0.874. The minimum absolute atomic E-state index is 0.0671. The molecule has 27 heavy (non-hydrogen) atoms. The highest BCUT2D eigenvalue weighted by atomic mass is 32.2. The summed E-state index contributed by atoms with van der Waals surface area (Å²) < 4.78 is 12.3. The van der Waals surface area contributed by atoms with Crippen molar-refractivity contribution in [3.8, 4) is 5.88 Å². The largest absolute Gasteiger partial charge is 0.475 e. The molecule has 0 saturated carbocycles. The van der Waals surface area contributed by atoms with Gasteiger partial charge in [-0.2, -0.15) is 4.98 Å². The third kappa shape index (κ3) is 6.90. The highest BCUT2D eigenvalue weighted by molar-refractivity contribution is 8.23. The van der Waals surface area contributed by atoms with Crippen LogP contribution in [0.25, 0.3) is 0 Å². The maximum Gasteiger partial charge on any atom is 0.233 e. The highest BCUT2D eigenvalue weighted by Gasteiger charge is 2.25. The van der Waals surface area contributed by atoms with Crippen LogP contribution in [-0.2, 0) is 9.53 Å². The van der Waals surface area contributed by atoms with E-state index in [9.17, 15) is 4.79 Å². The maximum absolute atomic E-state index is 12.4. The second-order valence-corrected chi connectivity index (χ2v) is 8.56. The van der Waals surface area contributed by atoms with Crippen LogP contribution in [-0.4, -0.2) is 82.3 Å². The molecule has 1 aromatic rings. The number of aromatic nitrogens is 2. The van der Waals surface area contributed by atoms with Gasteiger partial charge in [0.2, 0.25) is 11.8 Å². The number of ether oxygens (including phenoxy) is 2. The number of hydrogen-bond acceptors (Lipinski definition) is 7. The number of carbonyl (C=O) groups is 1. The van der Waals surface area contributed by atoms with Crippen LogP contribution in [0.1, 0.15) is 31.3 Å². The lowest BCUT2D eigenvalue weighted by Gasteiger charge is -2.32. The minimum Gasteiger partial charge on any atom is -0.475 e. The number of carbonyl (C=O) groups excluding carboxylic acids is 1. The first kappa shape index (κ1) is 21.8. The van der Waals surface area contributed by atoms with E-state index in [1.807, 2.05) is 50.7 Å². The fourth-order valence-electron chi connectivity index (χ4n) is 2.46. The van der Waals surface area contributed by atoms with Gasteiger partial charge in [-0.15, -0.1) is 0 Å². The van der Waals surface area contributed by atoms with Gasteiger partial charge in [0.25, 0.3) is 0 Å².